The van der Waals surface area contributed by atoms with Gasteiger partial charge < -0.3 is 10.6 Å². The van der Waals surface area contributed by atoms with Gasteiger partial charge >= 0.3 is 0 Å². The number of benzene rings is 3. The topological polar surface area (TPSA) is 86.9 Å². The van der Waals surface area contributed by atoms with Gasteiger partial charge in [-0.1, -0.05) is 48.5 Å². The number of aromatic nitrogens is 2. The van der Waals surface area contributed by atoms with E-state index >= 15 is 0 Å². The quantitative estimate of drug-likeness (QED) is 0.477. The van der Waals surface area contributed by atoms with Crippen molar-refractivity contribution < 1.29 is 9.59 Å². The first-order chi connectivity index (χ1) is 14.0. The number of fused-ring (bicyclic) bond motifs is 1. The highest BCUT2D eigenvalue weighted by molar-refractivity contribution is 6.16. The van der Waals surface area contributed by atoms with Gasteiger partial charge in [0.05, 0.1) is 28.3 Å². The molecule has 0 fully saturated rings. The SMILES string of the molecule is Cc1n[nH]c(C)c1NC(=O)c1ccccc1NC(=O)c1cccc2ccccc12. The van der Waals surface area contributed by atoms with Gasteiger partial charge in [-0.2, -0.15) is 5.10 Å². The summed E-state index contributed by atoms with van der Waals surface area (Å²) in [7, 11) is 0. The minimum Gasteiger partial charge on any atom is -0.321 e. The van der Waals surface area contributed by atoms with Gasteiger partial charge in [0.25, 0.3) is 11.8 Å². The van der Waals surface area contributed by atoms with Crippen molar-refractivity contribution in [3.63, 3.8) is 0 Å². The molecule has 0 saturated heterocycles. The smallest absolute Gasteiger partial charge is 0.257 e. The molecule has 6 nitrogen and oxygen atoms in total. The second-order valence-electron chi connectivity index (χ2n) is 6.79. The van der Waals surface area contributed by atoms with Crippen LogP contribution < -0.4 is 10.6 Å². The van der Waals surface area contributed by atoms with Gasteiger partial charge in [-0.05, 0) is 42.8 Å². The molecule has 4 aromatic rings. The number of anilines is 2. The van der Waals surface area contributed by atoms with Crippen LogP contribution in [0.15, 0.2) is 66.7 Å². The number of carbonyl (C=O) groups is 2. The summed E-state index contributed by atoms with van der Waals surface area (Å²) in [4.78, 5) is 25.8. The van der Waals surface area contributed by atoms with E-state index in [1.807, 2.05) is 50.2 Å². The zero-order valence-corrected chi connectivity index (χ0v) is 16.1. The van der Waals surface area contributed by atoms with E-state index in [9.17, 15) is 9.59 Å². The molecule has 0 unspecified atom stereocenters. The number of H-pyrrole nitrogens is 1. The third kappa shape index (κ3) is 3.60. The van der Waals surface area contributed by atoms with Crippen LogP contribution in [0.3, 0.4) is 0 Å². The number of rotatable bonds is 4. The van der Waals surface area contributed by atoms with E-state index in [4.69, 9.17) is 0 Å². The Balaban J connectivity index is 1.63. The largest absolute Gasteiger partial charge is 0.321 e. The normalized spacial score (nSPS) is 10.7. The van der Waals surface area contributed by atoms with Crippen molar-refractivity contribution in [1.82, 2.24) is 10.2 Å². The fraction of sp³-hybridized carbons (Fsp3) is 0.0870. The van der Waals surface area contributed by atoms with Crippen LogP contribution in [0.2, 0.25) is 0 Å². The molecule has 0 aliphatic heterocycles. The Morgan fingerprint density at radius 3 is 2.24 bits per heavy atom. The number of hydrogen-bond acceptors (Lipinski definition) is 3. The molecule has 1 aromatic heterocycles. The predicted octanol–water partition coefficient (Wildman–Crippen LogP) is 4.68. The van der Waals surface area contributed by atoms with Crippen LogP contribution in [0.1, 0.15) is 32.1 Å². The van der Waals surface area contributed by atoms with Crippen molar-refractivity contribution in [2.75, 3.05) is 10.6 Å². The molecule has 0 radical (unpaired) electrons. The zero-order chi connectivity index (χ0) is 20.4. The van der Waals surface area contributed by atoms with Crippen LogP contribution in [0.25, 0.3) is 10.8 Å². The summed E-state index contributed by atoms with van der Waals surface area (Å²) in [6.45, 7) is 3.65. The maximum absolute atomic E-state index is 13.0. The summed E-state index contributed by atoms with van der Waals surface area (Å²) >= 11 is 0. The first-order valence-corrected chi connectivity index (χ1v) is 9.25. The minimum atomic E-state index is -0.314. The third-order valence-corrected chi connectivity index (χ3v) is 4.82. The number of para-hydroxylation sites is 1. The van der Waals surface area contributed by atoms with Gasteiger partial charge in [0.2, 0.25) is 0 Å². The molecule has 0 spiro atoms. The van der Waals surface area contributed by atoms with E-state index in [0.29, 0.717) is 28.2 Å². The lowest BCUT2D eigenvalue weighted by atomic mass is 10.0. The standard InChI is InChI=1S/C23H20N4O2/c1-14-21(15(2)27-26-14)25-23(29)19-11-5-6-13-20(19)24-22(28)18-12-7-9-16-8-3-4-10-17(16)18/h3-13H,1-2H3,(H,24,28)(H,25,29)(H,26,27). The van der Waals surface area contributed by atoms with E-state index in [2.05, 4.69) is 20.8 Å². The zero-order valence-electron chi connectivity index (χ0n) is 16.1. The Kier molecular flexibility index (Phi) is 4.83. The second kappa shape index (κ2) is 7.59. The summed E-state index contributed by atoms with van der Waals surface area (Å²) in [6.07, 6.45) is 0. The molecule has 0 saturated carbocycles. The fourth-order valence-electron chi connectivity index (χ4n) is 3.32. The van der Waals surface area contributed by atoms with Crippen LogP contribution in [0.5, 0.6) is 0 Å². The Labute approximate surface area is 168 Å². The highest BCUT2D eigenvalue weighted by atomic mass is 16.2. The summed E-state index contributed by atoms with van der Waals surface area (Å²) < 4.78 is 0. The van der Waals surface area contributed by atoms with E-state index in [1.54, 1.807) is 30.3 Å². The van der Waals surface area contributed by atoms with Crippen LogP contribution in [0.4, 0.5) is 11.4 Å². The molecule has 144 valence electrons. The average molecular weight is 384 g/mol. The van der Waals surface area contributed by atoms with Crippen molar-refractivity contribution in [2.45, 2.75) is 13.8 Å². The molecule has 0 aliphatic rings. The molecule has 6 heteroatoms. The molecule has 29 heavy (non-hydrogen) atoms. The van der Waals surface area contributed by atoms with Gasteiger partial charge in [0.15, 0.2) is 0 Å². The first-order valence-electron chi connectivity index (χ1n) is 9.25. The van der Waals surface area contributed by atoms with Crippen molar-refractivity contribution in [2.24, 2.45) is 0 Å². The number of aryl methyl sites for hydroxylation is 2. The molecule has 1 heterocycles. The molecular formula is C23H20N4O2. The minimum absolute atomic E-state index is 0.266. The molecule has 3 N–H and O–H groups in total. The van der Waals surface area contributed by atoms with Crippen molar-refractivity contribution in [1.29, 1.82) is 0 Å². The van der Waals surface area contributed by atoms with E-state index < -0.39 is 0 Å². The molecule has 0 atom stereocenters. The van der Waals surface area contributed by atoms with Crippen LogP contribution in [0, 0.1) is 13.8 Å². The number of carbonyl (C=O) groups excluding carboxylic acids is 2. The Morgan fingerprint density at radius 2 is 1.45 bits per heavy atom. The van der Waals surface area contributed by atoms with Crippen LogP contribution >= 0.6 is 0 Å². The lowest BCUT2D eigenvalue weighted by molar-refractivity contribution is 0.102. The first kappa shape index (κ1) is 18.4. The maximum atomic E-state index is 13.0. The number of nitrogens with one attached hydrogen (secondary N) is 3. The van der Waals surface area contributed by atoms with E-state index in [-0.39, 0.29) is 11.8 Å². The lowest BCUT2D eigenvalue weighted by Gasteiger charge is -2.12. The Hall–Kier alpha value is -3.93. The molecule has 3 aromatic carbocycles. The highest BCUT2D eigenvalue weighted by Crippen LogP contribution is 2.23. The van der Waals surface area contributed by atoms with Crippen molar-refractivity contribution in [3.05, 3.63) is 89.2 Å². The van der Waals surface area contributed by atoms with Gasteiger partial charge in [0.1, 0.15) is 0 Å². The lowest BCUT2D eigenvalue weighted by Crippen LogP contribution is -2.19. The summed E-state index contributed by atoms with van der Waals surface area (Å²) in [5.41, 5.74) is 3.49. The number of nitrogens with zero attached hydrogens (tertiary/aromatic N) is 1. The molecule has 2 amide bonds. The highest BCUT2D eigenvalue weighted by Gasteiger charge is 2.17. The van der Waals surface area contributed by atoms with E-state index in [1.165, 1.54) is 0 Å². The Bertz CT molecular complexity index is 1200. The fourth-order valence-corrected chi connectivity index (χ4v) is 3.32. The molecule has 0 aliphatic carbocycles. The monoisotopic (exact) mass is 384 g/mol. The molecule has 4 rings (SSSR count). The number of aromatic amines is 1. The van der Waals surface area contributed by atoms with E-state index in [0.717, 1.165) is 16.5 Å². The molecule has 0 bridgehead atoms. The van der Waals surface area contributed by atoms with Crippen LogP contribution in [-0.4, -0.2) is 22.0 Å². The number of hydrogen-bond donors (Lipinski definition) is 3. The van der Waals surface area contributed by atoms with Gasteiger partial charge in [-0.3, -0.25) is 14.7 Å². The molecular weight excluding hydrogens is 364 g/mol. The van der Waals surface area contributed by atoms with Gasteiger partial charge in [-0.15, -0.1) is 0 Å². The predicted molar refractivity (Wildman–Crippen MR) is 114 cm³/mol. The summed E-state index contributed by atoms with van der Waals surface area (Å²) in [6, 6.07) is 20.2. The van der Waals surface area contributed by atoms with Gasteiger partial charge in [-0.25, -0.2) is 0 Å². The average Bonchev–Trinajstić information content (AvgIpc) is 3.05. The third-order valence-electron chi connectivity index (χ3n) is 4.82. The second-order valence-corrected chi connectivity index (χ2v) is 6.79. The van der Waals surface area contributed by atoms with Gasteiger partial charge in [0, 0.05) is 5.56 Å². The Morgan fingerprint density at radius 1 is 0.793 bits per heavy atom. The van der Waals surface area contributed by atoms with Crippen molar-refractivity contribution >= 4 is 34.0 Å². The maximum Gasteiger partial charge on any atom is 0.257 e. The van der Waals surface area contributed by atoms with Crippen molar-refractivity contribution in [3.8, 4) is 0 Å². The number of amides is 2. The summed E-state index contributed by atoms with van der Waals surface area (Å²) in [5.74, 6) is -0.579. The van der Waals surface area contributed by atoms with Crippen LogP contribution in [-0.2, 0) is 0 Å². The summed E-state index contributed by atoms with van der Waals surface area (Å²) in [5, 5.41) is 14.5.